The van der Waals surface area contributed by atoms with Gasteiger partial charge in [-0.15, -0.1) is 0 Å². The normalized spacial score (nSPS) is 16.9. The van der Waals surface area contributed by atoms with E-state index in [1.165, 1.54) is 5.56 Å². The number of hydrogen-bond acceptors (Lipinski definition) is 3. The van der Waals surface area contributed by atoms with Crippen LogP contribution in [0.3, 0.4) is 0 Å². The molecule has 0 aliphatic carbocycles. The van der Waals surface area contributed by atoms with Gasteiger partial charge in [-0.05, 0) is 42.3 Å². The fourth-order valence-electron chi connectivity index (χ4n) is 3.08. The minimum absolute atomic E-state index is 0.0610. The summed E-state index contributed by atoms with van der Waals surface area (Å²) in [5.74, 6) is 0.559. The predicted octanol–water partition coefficient (Wildman–Crippen LogP) is 2.42. The molecule has 1 aliphatic heterocycles. The molecule has 1 unspecified atom stereocenters. The first kappa shape index (κ1) is 16.1. The number of primary amides is 1. The number of nitrogens with zero attached hydrogens (tertiary/aromatic N) is 1. The Morgan fingerprint density at radius 1 is 1.12 bits per heavy atom. The molecule has 0 radical (unpaired) electrons. The number of nitrogens with two attached hydrogens (primary N) is 1. The third kappa shape index (κ3) is 3.25. The summed E-state index contributed by atoms with van der Waals surface area (Å²) in [6.07, 6.45) is 0.924. The van der Waals surface area contributed by atoms with Crippen LogP contribution in [-0.4, -0.2) is 36.9 Å². The number of carbonyl (C=O) groups is 2. The van der Waals surface area contributed by atoms with Crippen molar-refractivity contribution in [1.82, 2.24) is 4.90 Å². The lowest BCUT2D eigenvalue weighted by atomic mass is 9.98. The number of rotatable bonds is 4. The molecule has 2 N–H and O–H groups in total. The zero-order valence-corrected chi connectivity index (χ0v) is 13.6. The Bertz CT molecular complexity index is 755. The Kier molecular flexibility index (Phi) is 4.51. The summed E-state index contributed by atoms with van der Waals surface area (Å²) in [5.41, 5.74) is 7.34. The van der Waals surface area contributed by atoms with Crippen LogP contribution in [0, 0.1) is 0 Å². The molecule has 1 aliphatic rings. The topological polar surface area (TPSA) is 72.6 Å². The van der Waals surface area contributed by atoms with Crippen molar-refractivity contribution in [2.75, 3.05) is 20.2 Å². The average molecular weight is 324 g/mol. The van der Waals surface area contributed by atoms with Gasteiger partial charge in [0.2, 0.25) is 5.91 Å². The van der Waals surface area contributed by atoms with E-state index < -0.39 is 5.91 Å². The fraction of sp³-hybridized carbons (Fsp3) is 0.263. The highest BCUT2D eigenvalue weighted by atomic mass is 16.5. The standard InChI is InChI=1S/C19H20N2O3/c1-24-17-7-5-13(6-8-17)16-9-10-21(12-16)19(23)15-4-2-3-14(11-15)18(20)22/h2-8,11,16H,9-10,12H2,1H3,(H2,20,22). The molecule has 5 nitrogen and oxygen atoms in total. The number of ether oxygens (including phenoxy) is 1. The zero-order chi connectivity index (χ0) is 17.1. The van der Waals surface area contributed by atoms with Gasteiger partial charge in [0.25, 0.3) is 5.91 Å². The van der Waals surface area contributed by atoms with E-state index in [0.717, 1.165) is 12.2 Å². The molecule has 1 atom stereocenters. The molecule has 1 saturated heterocycles. The van der Waals surface area contributed by atoms with E-state index in [1.807, 2.05) is 29.2 Å². The molecule has 0 aromatic heterocycles. The summed E-state index contributed by atoms with van der Waals surface area (Å²) in [6, 6.07) is 14.6. The van der Waals surface area contributed by atoms with E-state index in [-0.39, 0.29) is 5.91 Å². The van der Waals surface area contributed by atoms with Crippen molar-refractivity contribution < 1.29 is 14.3 Å². The largest absolute Gasteiger partial charge is 0.497 e. The van der Waals surface area contributed by atoms with Gasteiger partial charge in [0.1, 0.15) is 5.75 Å². The molecule has 2 aromatic carbocycles. The van der Waals surface area contributed by atoms with Crippen LogP contribution < -0.4 is 10.5 Å². The van der Waals surface area contributed by atoms with E-state index in [9.17, 15) is 9.59 Å². The number of methoxy groups -OCH3 is 1. The first-order valence-corrected chi connectivity index (χ1v) is 7.91. The maximum absolute atomic E-state index is 12.7. The van der Waals surface area contributed by atoms with Crippen molar-refractivity contribution in [3.05, 3.63) is 65.2 Å². The minimum atomic E-state index is -0.526. The van der Waals surface area contributed by atoms with Crippen LogP contribution in [0.15, 0.2) is 48.5 Å². The van der Waals surface area contributed by atoms with Crippen LogP contribution in [-0.2, 0) is 0 Å². The van der Waals surface area contributed by atoms with Crippen LogP contribution in [0.5, 0.6) is 5.75 Å². The van der Waals surface area contributed by atoms with Gasteiger partial charge in [-0.1, -0.05) is 18.2 Å². The van der Waals surface area contributed by atoms with Gasteiger partial charge in [0, 0.05) is 30.1 Å². The maximum atomic E-state index is 12.7. The van der Waals surface area contributed by atoms with Crippen molar-refractivity contribution in [2.24, 2.45) is 5.73 Å². The first-order valence-electron chi connectivity index (χ1n) is 7.91. The number of carbonyl (C=O) groups excluding carboxylic acids is 2. The van der Waals surface area contributed by atoms with Gasteiger partial charge < -0.3 is 15.4 Å². The molecular weight excluding hydrogens is 304 g/mol. The molecule has 24 heavy (non-hydrogen) atoms. The lowest BCUT2D eigenvalue weighted by Crippen LogP contribution is -2.28. The molecule has 0 bridgehead atoms. The number of amides is 2. The van der Waals surface area contributed by atoms with Crippen molar-refractivity contribution in [2.45, 2.75) is 12.3 Å². The molecular formula is C19H20N2O3. The molecule has 2 amide bonds. The molecule has 2 aromatic rings. The van der Waals surface area contributed by atoms with Gasteiger partial charge in [-0.2, -0.15) is 0 Å². The monoisotopic (exact) mass is 324 g/mol. The lowest BCUT2D eigenvalue weighted by Gasteiger charge is -2.17. The maximum Gasteiger partial charge on any atom is 0.253 e. The van der Waals surface area contributed by atoms with Crippen LogP contribution in [0.1, 0.15) is 38.6 Å². The van der Waals surface area contributed by atoms with Gasteiger partial charge in [0.15, 0.2) is 0 Å². The van der Waals surface area contributed by atoms with Gasteiger partial charge >= 0.3 is 0 Å². The second kappa shape index (κ2) is 6.74. The van der Waals surface area contributed by atoms with Crippen molar-refractivity contribution in [1.29, 1.82) is 0 Å². The third-order valence-electron chi connectivity index (χ3n) is 4.46. The SMILES string of the molecule is COc1ccc(C2CCN(C(=O)c3cccc(C(N)=O)c3)C2)cc1. The predicted molar refractivity (Wildman–Crippen MR) is 91.2 cm³/mol. The summed E-state index contributed by atoms with van der Waals surface area (Å²) in [6.45, 7) is 1.38. The second-order valence-electron chi connectivity index (χ2n) is 5.95. The molecule has 1 heterocycles. The number of likely N-dealkylation sites (tertiary alicyclic amines) is 1. The van der Waals surface area contributed by atoms with Crippen LogP contribution in [0.25, 0.3) is 0 Å². The Balaban J connectivity index is 1.71. The number of benzene rings is 2. The average Bonchev–Trinajstić information content (AvgIpc) is 3.11. The summed E-state index contributed by atoms with van der Waals surface area (Å²) in [5, 5.41) is 0. The Labute approximate surface area is 141 Å². The fourth-order valence-corrected chi connectivity index (χ4v) is 3.08. The molecule has 0 spiro atoms. The van der Waals surface area contributed by atoms with Crippen LogP contribution in [0.4, 0.5) is 0 Å². The number of hydrogen-bond donors (Lipinski definition) is 1. The minimum Gasteiger partial charge on any atom is -0.497 e. The van der Waals surface area contributed by atoms with E-state index in [1.54, 1.807) is 31.4 Å². The third-order valence-corrected chi connectivity index (χ3v) is 4.46. The van der Waals surface area contributed by atoms with Crippen molar-refractivity contribution >= 4 is 11.8 Å². The lowest BCUT2D eigenvalue weighted by molar-refractivity contribution is 0.0791. The van der Waals surface area contributed by atoms with Crippen LogP contribution >= 0.6 is 0 Å². The quantitative estimate of drug-likeness (QED) is 0.939. The van der Waals surface area contributed by atoms with Crippen LogP contribution in [0.2, 0.25) is 0 Å². The van der Waals surface area contributed by atoms with Gasteiger partial charge in [-0.25, -0.2) is 0 Å². The molecule has 1 fully saturated rings. The van der Waals surface area contributed by atoms with Gasteiger partial charge in [-0.3, -0.25) is 9.59 Å². The summed E-state index contributed by atoms with van der Waals surface area (Å²) in [7, 11) is 1.64. The highest BCUT2D eigenvalue weighted by Gasteiger charge is 2.28. The summed E-state index contributed by atoms with van der Waals surface area (Å²) in [4.78, 5) is 25.8. The smallest absolute Gasteiger partial charge is 0.253 e. The molecule has 124 valence electrons. The first-order chi connectivity index (χ1) is 11.6. The molecule has 0 saturated carbocycles. The summed E-state index contributed by atoms with van der Waals surface area (Å²) >= 11 is 0. The van der Waals surface area contributed by atoms with E-state index >= 15 is 0 Å². The zero-order valence-electron chi connectivity index (χ0n) is 13.6. The van der Waals surface area contributed by atoms with E-state index in [0.29, 0.717) is 30.1 Å². The second-order valence-corrected chi connectivity index (χ2v) is 5.95. The van der Waals surface area contributed by atoms with Crippen molar-refractivity contribution in [3.63, 3.8) is 0 Å². The highest BCUT2D eigenvalue weighted by molar-refractivity contribution is 5.99. The Hall–Kier alpha value is -2.82. The van der Waals surface area contributed by atoms with E-state index in [2.05, 4.69) is 0 Å². The molecule has 3 rings (SSSR count). The van der Waals surface area contributed by atoms with E-state index in [4.69, 9.17) is 10.5 Å². The highest BCUT2D eigenvalue weighted by Crippen LogP contribution is 2.29. The van der Waals surface area contributed by atoms with Gasteiger partial charge in [0.05, 0.1) is 7.11 Å². The van der Waals surface area contributed by atoms with Crippen molar-refractivity contribution in [3.8, 4) is 5.75 Å². The Morgan fingerprint density at radius 3 is 2.50 bits per heavy atom. The molecule has 5 heteroatoms. The summed E-state index contributed by atoms with van der Waals surface area (Å²) < 4.78 is 5.18. The Morgan fingerprint density at radius 2 is 1.83 bits per heavy atom.